The van der Waals surface area contributed by atoms with E-state index >= 15 is 0 Å². The first kappa shape index (κ1) is 16.0. The predicted molar refractivity (Wildman–Crippen MR) is 88.5 cm³/mol. The smallest absolute Gasteiger partial charge is 0.0882 e. The van der Waals surface area contributed by atoms with Crippen molar-refractivity contribution in [3.63, 3.8) is 0 Å². The summed E-state index contributed by atoms with van der Waals surface area (Å²) >= 11 is 1.87. The lowest BCUT2D eigenvalue weighted by atomic mass is 9.98. The zero-order valence-corrected chi connectivity index (χ0v) is 13.8. The van der Waals surface area contributed by atoms with Crippen molar-refractivity contribution in [2.24, 2.45) is 0 Å². The maximum Gasteiger partial charge on any atom is 0.0882 e. The molecule has 1 unspecified atom stereocenters. The fourth-order valence-electron chi connectivity index (χ4n) is 3.11. The summed E-state index contributed by atoms with van der Waals surface area (Å²) < 4.78 is 0. The number of aliphatic hydroxyl groups excluding tert-OH is 1. The minimum Gasteiger partial charge on any atom is -0.388 e. The molecule has 0 bridgehead atoms. The Morgan fingerprint density at radius 3 is 2.50 bits per heavy atom. The Kier molecular flexibility index (Phi) is 7.09. The maximum atomic E-state index is 10.3. The molecule has 1 aromatic rings. The van der Waals surface area contributed by atoms with E-state index in [1.165, 1.54) is 81.1 Å². The number of rotatable bonds is 9. The van der Waals surface area contributed by atoms with Gasteiger partial charge in [0.2, 0.25) is 0 Å². The Hall–Kier alpha value is -0.340. The third-order valence-electron chi connectivity index (χ3n) is 4.43. The molecule has 1 heterocycles. The van der Waals surface area contributed by atoms with E-state index < -0.39 is 0 Å². The molecule has 0 aromatic carbocycles. The van der Waals surface area contributed by atoms with E-state index in [1.54, 1.807) is 4.88 Å². The molecule has 0 spiro atoms. The number of unbranched alkanes of at least 4 members (excludes halogenated alkanes) is 6. The van der Waals surface area contributed by atoms with Crippen molar-refractivity contribution in [3.05, 3.63) is 21.4 Å². The van der Waals surface area contributed by atoms with E-state index in [0.717, 1.165) is 6.42 Å². The molecule has 1 atom stereocenters. The summed E-state index contributed by atoms with van der Waals surface area (Å²) in [5.41, 5.74) is 1.52. The third-order valence-corrected chi connectivity index (χ3v) is 5.76. The van der Waals surface area contributed by atoms with Crippen LogP contribution in [0.2, 0.25) is 0 Å². The molecule has 0 aliphatic heterocycles. The van der Waals surface area contributed by atoms with E-state index in [9.17, 15) is 5.11 Å². The van der Waals surface area contributed by atoms with Crippen LogP contribution in [0.4, 0.5) is 0 Å². The van der Waals surface area contributed by atoms with Crippen LogP contribution in [0.15, 0.2) is 6.07 Å². The zero-order valence-electron chi connectivity index (χ0n) is 13.0. The van der Waals surface area contributed by atoms with Crippen LogP contribution in [0, 0.1) is 0 Å². The van der Waals surface area contributed by atoms with Crippen LogP contribution in [0.1, 0.15) is 92.6 Å². The summed E-state index contributed by atoms with van der Waals surface area (Å²) in [4.78, 5) is 2.77. The van der Waals surface area contributed by atoms with Crippen molar-refractivity contribution >= 4 is 11.3 Å². The summed E-state index contributed by atoms with van der Waals surface area (Å²) in [6, 6.07) is 2.28. The quantitative estimate of drug-likeness (QED) is 0.570. The van der Waals surface area contributed by atoms with E-state index in [0.29, 0.717) is 0 Å². The molecule has 2 heteroatoms. The van der Waals surface area contributed by atoms with Crippen LogP contribution in [0.3, 0.4) is 0 Å². The fourth-order valence-corrected chi connectivity index (χ4v) is 4.39. The van der Waals surface area contributed by atoms with Crippen molar-refractivity contribution in [2.75, 3.05) is 0 Å². The Labute approximate surface area is 128 Å². The molecule has 1 nitrogen and oxygen atoms in total. The van der Waals surface area contributed by atoms with Crippen molar-refractivity contribution in [1.82, 2.24) is 0 Å². The zero-order chi connectivity index (χ0) is 14.2. The van der Waals surface area contributed by atoms with Gasteiger partial charge in [0.15, 0.2) is 0 Å². The van der Waals surface area contributed by atoms with Crippen molar-refractivity contribution in [3.8, 4) is 0 Å². The second kappa shape index (κ2) is 8.84. The second-order valence-corrected chi connectivity index (χ2v) is 7.40. The molecule has 0 saturated heterocycles. The van der Waals surface area contributed by atoms with Gasteiger partial charge in [0.25, 0.3) is 0 Å². The van der Waals surface area contributed by atoms with Gasteiger partial charge >= 0.3 is 0 Å². The molecular formula is C18H30OS. The molecule has 1 aliphatic carbocycles. The molecule has 2 rings (SSSR count). The van der Waals surface area contributed by atoms with Crippen LogP contribution < -0.4 is 0 Å². The SMILES string of the molecule is CCCCCCCCCC(O)c1cc2c(s1)CCCC2. The largest absolute Gasteiger partial charge is 0.388 e. The molecule has 1 aliphatic rings. The van der Waals surface area contributed by atoms with Gasteiger partial charge in [-0.1, -0.05) is 51.9 Å². The molecule has 1 aromatic heterocycles. The lowest BCUT2D eigenvalue weighted by Gasteiger charge is -2.08. The molecule has 0 saturated carbocycles. The highest BCUT2D eigenvalue weighted by atomic mass is 32.1. The first-order valence-electron chi connectivity index (χ1n) is 8.60. The first-order valence-corrected chi connectivity index (χ1v) is 9.42. The first-order chi connectivity index (χ1) is 9.81. The number of hydrogen-bond acceptors (Lipinski definition) is 2. The Morgan fingerprint density at radius 1 is 1.05 bits per heavy atom. The summed E-state index contributed by atoms with van der Waals surface area (Å²) in [5, 5.41) is 10.3. The van der Waals surface area contributed by atoms with Crippen molar-refractivity contribution in [2.45, 2.75) is 90.1 Å². The van der Waals surface area contributed by atoms with Crippen LogP contribution >= 0.6 is 11.3 Å². The van der Waals surface area contributed by atoms with Crippen LogP contribution in [-0.2, 0) is 12.8 Å². The normalized spacial score (nSPS) is 16.1. The Bertz CT molecular complexity index is 359. The summed E-state index contributed by atoms with van der Waals surface area (Å²) in [5.74, 6) is 0. The van der Waals surface area contributed by atoms with E-state index in [2.05, 4.69) is 13.0 Å². The average molecular weight is 295 g/mol. The monoisotopic (exact) mass is 294 g/mol. The van der Waals surface area contributed by atoms with Gasteiger partial charge < -0.3 is 5.11 Å². The van der Waals surface area contributed by atoms with Gasteiger partial charge in [-0.2, -0.15) is 0 Å². The number of fused-ring (bicyclic) bond motifs is 1. The molecule has 0 fully saturated rings. The van der Waals surface area contributed by atoms with Crippen molar-refractivity contribution in [1.29, 1.82) is 0 Å². The third kappa shape index (κ3) is 4.89. The van der Waals surface area contributed by atoms with Gasteiger partial charge in [0.05, 0.1) is 6.10 Å². The van der Waals surface area contributed by atoms with Gasteiger partial charge in [0.1, 0.15) is 0 Å². The lowest BCUT2D eigenvalue weighted by molar-refractivity contribution is 0.167. The maximum absolute atomic E-state index is 10.3. The number of aliphatic hydroxyl groups is 1. The van der Waals surface area contributed by atoms with Crippen LogP contribution in [-0.4, -0.2) is 5.11 Å². The van der Waals surface area contributed by atoms with Gasteiger partial charge in [-0.25, -0.2) is 0 Å². The van der Waals surface area contributed by atoms with E-state index in [1.807, 2.05) is 11.3 Å². The van der Waals surface area contributed by atoms with E-state index in [-0.39, 0.29) is 6.10 Å². The highest BCUT2D eigenvalue weighted by molar-refractivity contribution is 7.12. The minimum atomic E-state index is -0.207. The summed E-state index contributed by atoms with van der Waals surface area (Å²) in [6.07, 6.45) is 15.1. The molecular weight excluding hydrogens is 264 g/mol. The number of thiophene rings is 1. The highest BCUT2D eigenvalue weighted by Crippen LogP contribution is 2.34. The average Bonchev–Trinajstić information content (AvgIpc) is 2.90. The van der Waals surface area contributed by atoms with Crippen molar-refractivity contribution < 1.29 is 5.11 Å². The Morgan fingerprint density at radius 2 is 1.75 bits per heavy atom. The summed E-state index contributed by atoms with van der Waals surface area (Å²) in [7, 11) is 0. The Balaban J connectivity index is 1.64. The summed E-state index contributed by atoms with van der Waals surface area (Å²) in [6.45, 7) is 2.26. The molecule has 20 heavy (non-hydrogen) atoms. The van der Waals surface area contributed by atoms with E-state index in [4.69, 9.17) is 0 Å². The highest BCUT2D eigenvalue weighted by Gasteiger charge is 2.17. The fraction of sp³-hybridized carbons (Fsp3) is 0.778. The molecule has 114 valence electrons. The van der Waals surface area contributed by atoms with Gasteiger partial charge in [0, 0.05) is 9.75 Å². The van der Waals surface area contributed by atoms with Gasteiger partial charge in [-0.05, 0) is 43.7 Å². The minimum absolute atomic E-state index is 0.207. The number of aryl methyl sites for hydroxylation is 2. The molecule has 1 N–H and O–H groups in total. The van der Waals surface area contributed by atoms with Crippen LogP contribution in [0.25, 0.3) is 0 Å². The second-order valence-electron chi connectivity index (χ2n) is 6.23. The standard InChI is InChI=1S/C18H30OS/c1-2-3-4-5-6-7-8-12-16(19)18-14-15-11-9-10-13-17(15)20-18/h14,16,19H,2-13H2,1H3. The predicted octanol–water partition coefficient (Wildman–Crippen LogP) is 5.80. The van der Waals surface area contributed by atoms with Gasteiger partial charge in [-0.3, -0.25) is 0 Å². The number of hydrogen-bond donors (Lipinski definition) is 1. The van der Waals surface area contributed by atoms with Gasteiger partial charge in [-0.15, -0.1) is 11.3 Å². The van der Waals surface area contributed by atoms with Crippen LogP contribution in [0.5, 0.6) is 0 Å². The topological polar surface area (TPSA) is 20.2 Å². The lowest BCUT2D eigenvalue weighted by Crippen LogP contribution is -1.97. The molecule has 0 radical (unpaired) electrons. The molecule has 0 amide bonds.